The highest BCUT2D eigenvalue weighted by atomic mass is 35.5. The fourth-order valence-electron chi connectivity index (χ4n) is 3.49. The van der Waals surface area contributed by atoms with E-state index in [0.717, 1.165) is 12.0 Å². The number of carbonyl (C=O) groups excluding carboxylic acids is 1. The molecule has 1 amide bonds. The standard InChI is InChI=1S/C22H31ClN6O5S.C2H6.C2H2/c1-17(23)27-21-20(14-24)26-16-28(21)8-2-3-11-34-22(30)25-15-18-4-6-19(7-5-18)35(31,32)29-9-12-33-13-10-29;2*1-2/h4-7,16H,2-3,8-15,24H2,1H3,(H,25,30);1-2H3;1-2H/b27-17+;;. The first-order chi connectivity index (χ1) is 18.8. The first kappa shape index (κ1) is 34.1. The number of nitrogens with zero attached hydrogens (tertiary/aromatic N) is 4. The largest absolute Gasteiger partial charge is 0.450 e. The van der Waals surface area contributed by atoms with Crippen LogP contribution in [0.3, 0.4) is 0 Å². The maximum absolute atomic E-state index is 12.7. The molecule has 1 aliphatic heterocycles. The summed E-state index contributed by atoms with van der Waals surface area (Å²) in [5.74, 6) is 0.641. The summed E-state index contributed by atoms with van der Waals surface area (Å²) in [4.78, 5) is 20.7. The third-order valence-corrected chi connectivity index (χ3v) is 7.33. The number of hydrogen-bond acceptors (Lipinski definition) is 8. The van der Waals surface area contributed by atoms with E-state index in [-0.39, 0.29) is 24.6 Å². The molecule has 0 saturated carbocycles. The number of amides is 1. The van der Waals surface area contributed by atoms with Crippen molar-refractivity contribution < 1.29 is 22.7 Å². The van der Waals surface area contributed by atoms with Gasteiger partial charge < -0.3 is 25.1 Å². The summed E-state index contributed by atoms with van der Waals surface area (Å²) in [6.07, 6.45) is 10.5. The minimum atomic E-state index is -3.54. The van der Waals surface area contributed by atoms with Crippen molar-refractivity contribution >= 4 is 38.7 Å². The Balaban J connectivity index is 0.00000181. The lowest BCUT2D eigenvalue weighted by atomic mass is 10.2. The average Bonchev–Trinajstić information content (AvgIpc) is 3.35. The summed E-state index contributed by atoms with van der Waals surface area (Å²) in [6, 6.07) is 6.45. The lowest BCUT2D eigenvalue weighted by Crippen LogP contribution is -2.40. The van der Waals surface area contributed by atoms with Gasteiger partial charge in [0.15, 0.2) is 5.82 Å². The van der Waals surface area contributed by atoms with Crippen molar-refractivity contribution in [1.82, 2.24) is 19.2 Å². The average molecular weight is 583 g/mol. The highest BCUT2D eigenvalue weighted by Gasteiger charge is 2.26. The number of imidazole rings is 1. The van der Waals surface area contributed by atoms with Crippen LogP contribution >= 0.6 is 11.6 Å². The number of morpholine rings is 1. The van der Waals surface area contributed by atoms with Crippen LogP contribution in [0.25, 0.3) is 0 Å². The number of aromatic nitrogens is 2. The molecule has 11 nitrogen and oxygen atoms in total. The number of ether oxygens (including phenoxy) is 2. The number of aliphatic imine (C=N–C) groups is 1. The number of nitrogens with one attached hydrogen (secondary N) is 1. The Bertz CT molecular complexity index is 1160. The SMILES string of the molecule is C#C.C/C(Cl)=N\c1c(CN)ncn1CCCCOC(=O)NCc1ccc(S(=O)(=O)N2CCOCC2)cc1.CC. The predicted molar refractivity (Wildman–Crippen MR) is 153 cm³/mol. The topological polar surface area (TPSA) is 141 Å². The number of unbranched alkanes of at least 4 members (excludes halogenated alkanes) is 1. The number of halogens is 1. The lowest BCUT2D eigenvalue weighted by molar-refractivity contribution is 0.0730. The Morgan fingerprint density at radius 3 is 2.44 bits per heavy atom. The molecule has 1 aromatic carbocycles. The molecule has 1 aromatic heterocycles. The number of alkyl carbamates (subject to hydrolysis) is 1. The van der Waals surface area contributed by atoms with Gasteiger partial charge in [-0.25, -0.2) is 23.2 Å². The van der Waals surface area contributed by atoms with Gasteiger partial charge in [-0.05, 0) is 37.5 Å². The minimum absolute atomic E-state index is 0.220. The molecule has 2 heterocycles. The van der Waals surface area contributed by atoms with Crippen molar-refractivity contribution in [2.24, 2.45) is 10.7 Å². The molecular weight excluding hydrogens is 544 g/mol. The number of benzene rings is 1. The monoisotopic (exact) mass is 582 g/mol. The number of sulfonamides is 1. The summed E-state index contributed by atoms with van der Waals surface area (Å²) in [5.41, 5.74) is 7.13. The minimum Gasteiger partial charge on any atom is -0.450 e. The third kappa shape index (κ3) is 11.0. The maximum Gasteiger partial charge on any atom is 0.407 e. The van der Waals surface area contributed by atoms with E-state index < -0.39 is 16.1 Å². The molecule has 0 bridgehead atoms. The van der Waals surface area contributed by atoms with Crippen LogP contribution in [0.2, 0.25) is 0 Å². The molecule has 0 aliphatic carbocycles. The third-order valence-electron chi connectivity index (χ3n) is 5.33. The van der Waals surface area contributed by atoms with Gasteiger partial charge in [-0.15, -0.1) is 12.8 Å². The van der Waals surface area contributed by atoms with E-state index in [1.165, 1.54) is 4.31 Å². The van der Waals surface area contributed by atoms with Gasteiger partial charge in [-0.1, -0.05) is 37.6 Å². The second kappa shape index (κ2) is 18.4. The normalized spacial score (nSPS) is 13.9. The summed E-state index contributed by atoms with van der Waals surface area (Å²) in [5, 5.41) is 3.07. The van der Waals surface area contributed by atoms with Crippen LogP contribution in [0.15, 0.2) is 40.5 Å². The molecule has 0 spiro atoms. The lowest BCUT2D eigenvalue weighted by Gasteiger charge is -2.26. The Labute approximate surface area is 236 Å². The van der Waals surface area contributed by atoms with Gasteiger partial charge in [-0.3, -0.25) is 0 Å². The summed E-state index contributed by atoms with van der Waals surface area (Å²) < 4.78 is 39.1. The number of terminal acetylenes is 1. The highest BCUT2D eigenvalue weighted by molar-refractivity contribution is 7.89. The molecule has 39 heavy (non-hydrogen) atoms. The molecule has 0 unspecified atom stereocenters. The van der Waals surface area contributed by atoms with E-state index in [4.69, 9.17) is 26.8 Å². The highest BCUT2D eigenvalue weighted by Crippen LogP contribution is 2.20. The number of aryl methyl sites for hydroxylation is 1. The van der Waals surface area contributed by atoms with E-state index in [9.17, 15) is 13.2 Å². The van der Waals surface area contributed by atoms with Crippen LogP contribution in [-0.2, 0) is 39.1 Å². The van der Waals surface area contributed by atoms with Gasteiger partial charge in [0, 0.05) is 32.7 Å². The molecule has 0 radical (unpaired) electrons. The molecule has 1 fully saturated rings. The van der Waals surface area contributed by atoms with Crippen molar-refractivity contribution in [3.8, 4) is 12.8 Å². The zero-order chi connectivity index (χ0) is 29.3. The molecular formula is C26H39ClN6O5S. The van der Waals surface area contributed by atoms with Crippen LogP contribution in [0.5, 0.6) is 0 Å². The first-order valence-electron chi connectivity index (χ1n) is 12.7. The summed E-state index contributed by atoms with van der Waals surface area (Å²) in [7, 11) is -3.54. The van der Waals surface area contributed by atoms with E-state index in [0.29, 0.717) is 56.0 Å². The molecule has 216 valence electrons. The van der Waals surface area contributed by atoms with E-state index in [2.05, 4.69) is 28.1 Å². The second-order valence-corrected chi connectivity index (χ2v) is 10.4. The quantitative estimate of drug-likeness (QED) is 0.234. The first-order valence-corrected chi connectivity index (χ1v) is 14.5. The molecule has 1 saturated heterocycles. The zero-order valence-corrected chi connectivity index (χ0v) is 24.4. The predicted octanol–water partition coefficient (Wildman–Crippen LogP) is 3.63. The molecule has 2 aromatic rings. The summed E-state index contributed by atoms with van der Waals surface area (Å²) in [6.45, 7) is 8.56. The van der Waals surface area contributed by atoms with Gasteiger partial charge in [0.1, 0.15) is 5.17 Å². The van der Waals surface area contributed by atoms with Gasteiger partial charge in [0.2, 0.25) is 10.0 Å². The molecule has 13 heteroatoms. The van der Waals surface area contributed by atoms with E-state index in [1.807, 2.05) is 18.4 Å². The Morgan fingerprint density at radius 2 is 1.85 bits per heavy atom. The second-order valence-electron chi connectivity index (χ2n) is 7.88. The number of carbonyl (C=O) groups is 1. The van der Waals surface area contributed by atoms with Gasteiger partial charge in [-0.2, -0.15) is 4.31 Å². The maximum atomic E-state index is 12.7. The van der Waals surface area contributed by atoms with Crippen molar-refractivity contribution in [1.29, 1.82) is 0 Å². The Kier molecular flexibility index (Phi) is 16.0. The molecule has 3 N–H and O–H groups in total. The van der Waals surface area contributed by atoms with Crippen molar-refractivity contribution in [3.05, 3.63) is 41.9 Å². The fourth-order valence-corrected chi connectivity index (χ4v) is 4.98. The Morgan fingerprint density at radius 1 is 1.21 bits per heavy atom. The zero-order valence-electron chi connectivity index (χ0n) is 22.8. The molecule has 1 aliphatic rings. The Hall–Kier alpha value is -2.95. The van der Waals surface area contributed by atoms with Gasteiger partial charge >= 0.3 is 6.09 Å². The van der Waals surface area contributed by atoms with Crippen molar-refractivity contribution in [2.75, 3.05) is 32.9 Å². The molecule has 0 atom stereocenters. The number of hydrogen-bond donors (Lipinski definition) is 2. The van der Waals surface area contributed by atoms with Crippen molar-refractivity contribution in [3.63, 3.8) is 0 Å². The molecule has 3 rings (SSSR count). The van der Waals surface area contributed by atoms with E-state index >= 15 is 0 Å². The van der Waals surface area contributed by atoms with Crippen LogP contribution in [0.4, 0.5) is 10.6 Å². The van der Waals surface area contributed by atoms with Crippen LogP contribution in [0, 0.1) is 12.8 Å². The van der Waals surface area contributed by atoms with Crippen LogP contribution in [0.1, 0.15) is 44.9 Å². The summed E-state index contributed by atoms with van der Waals surface area (Å²) >= 11 is 5.89. The van der Waals surface area contributed by atoms with Crippen molar-refractivity contribution in [2.45, 2.75) is 58.1 Å². The number of nitrogens with two attached hydrogens (primary N) is 1. The van der Waals surface area contributed by atoms with Crippen LogP contribution < -0.4 is 11.1 Å². The van der Waals surface area contributed by atoms with Gasteiger partial charge in [0.05, 0.1) is 36.7 Å². The number of rotatable bonds is 11. The van der Waals surface area contributed by atoms with Crippen LogP contribution in [-0.4, -0.2) is 66.4 Å². The van der Waals surface area contributed by atoms with E-state index in [1.54, 1.807) is 37.5 Å². The smallest absolute Gasteiger partial charge is 0.407 e. The fraction of sp³-hybridized carbons (Fsp3) is 0.500. The van der Waals surface area contributed by atoms with Gasteiger partial charge in [0.25, 0.3) is 0 Å².